The first-order valence-corrected chi connectivity index (χ1v) is 6.71. The number of nitrogens with zero attached hydrogens (tertiary/aromatic N) is 2. The number of carbonyl (C=O) groups excluding carboxylic acids is 1. The third kappa shape index (κ3) is 8.49. The number of rotatable bonds is 5. The van der Waals surface area contributed by atoms with Gasteiger partial charge < -0.3 is 16.0 Å². The van der Waals surface area contributed by atoms with Crippen molar-refractivity contribution in [3.8, 4) is 0 Å². The van der Waals surface area contributed by atoms with E-state index >= 15 is 0 Å². The molecule has 118 valence electrons. The van der Waals surface area contributed by atoms with Crippen molar-refractivity contribution < 1.29 is 4.79 Å². The molecule has 0 aromatic carbocycles. The Hall–Kier alpha value is -1.38. The number of anilines is 1. The molecule has 0 aliphatic carbocycles. The number of pyridine rings is 1. The van der Waals surface area contributed by atoms with E-state index < -0.39 is 0 Å². The van der Waals surface area contributed by atoms with Crippen LogP contribution in [0.3, 0.4) is 0 Å². The molecule has 0 atom stereocenters. The normalized spacial score (nSPS) is 10.8. The molecule has 3 N–H and O–H groups in total. The van der Waals surface area contributed by atoms with E-state index in [1.54, 1.807) is 19.3 Å². The second-order valence-electron chi connectivity index (χ2n) is 4.82. The van der Waals surface area contributed by atoms with Gasteiger partial charge >= 0.3 is 0 Å². The van der Waals surface area contributed by atoms with Crippen LogP contribution in [0.1, 0.15) is 25.8 Å². The van der Waals surface area contributed by atoms with E-state index in [2.05, 4.69) is 25.9 Å². The van der Waals surface area contributed by atoms with E-state index in [-0.39, 0.29) is 29.9 Å². The van der Waals surface area contributed by atoms with Crippen molar-refractivity contribution in [2.24, 2.45) is 4.99 Å². The summed E-state index contributed by atoms with van der Waals surface area (Å²) < 4.78 is 0. The number of aromatic nitrogens is 1. The van der Waals surface area contributed by atoms with Crippen LogP contribution in [0.5, 0.6) is 0 Å². The van der Waals surface area contributed by atoms with Gasteiger partial charge in [0.1, 0.15) is 5.82 Å². The second-order valence-corrected chi connectivity index (χ2v) is 4.82. The van der Waals surface area contributed by atoms with Crippen LogP contribution in [0.25, 0.3) is 0 Å². The van der Waals surface area contributed by atoms with Crippen LogP contribution in [0.2, 0.25) is 0 Å². The monoisotopic (exact) mass is 405 g/mol. The molecule has 0 spiro atoms. The lowest BCUT2D eigenvalue weighted by Crippen LogP contribution is -2.41. The minimum absolute atomic E-state index is 0. The molecule has 0 saturated carbocycles. The molecule has 0 bridgehead atoms. The van der Waals surface area contributed by atoms with E-state index in [9.17, 15) is 4.79 Å². The standard InChI is InChI=1S/C14H23N5O.HI/c1-10(2)18-14(15-4)16-8-7-13(20)19-12-6-5-11(3)9-17-12;/h5-6,9-10H,7-8H2,1-4H3,(H2,15,16,18)(H,17,19,20);1H. The molecule has 0 radical (unpaired) electrons. The van der Waals surface area contributed by atoms with Gasteiger partial charge in [0.15, 0.2) is 5.96 Å². The third-order valence-corrected chi connectivity index (χ3v) is 2.47. The quantitative estimate of drug-likeness (QED) is 0.397. The minimum Gasteiger partial charge on any atom is -0.356 e. The van der Waals surface area contributed by atoms with Crippen LogP contribution in [-0.2, 0) is 4.79 Å². The van der Waals surface area contributed by atoms with Gasteiger partial charge in [-0.15, -0.1) is 24.0 Å². The zero-order chi connectivity index (χ0) is 15.0. The number of amides is 1. The van der Waals surface area contributed by atoms with Crippen molar-refractivity contribution in [3.63, 3.8) is 0 Å². The maximum absolute atomic E-state index is 11.7. The Morgan fingerprint density at radius 2 is 2.10 bits per heavy atom. The molecule has 21 heavy (non-hydrogen) atoms. The smallest absolute Gasteiger partial charge is 0.227 e. The number of guanidine groups is 1. The van der Waals surface area contributed by atoms with E-state index in [0.717, 1.165) is 5.56 Å². The molecule has 0 aliphatic heterocycles. The molecular weight excluding hydrogens is 381 g/mol. The Morgan fingerprint density at radius 3 is 2.62 bits per heavy atom. The minimum atomic E-state index is -0.0751. The highest BCUT2D eigenvalue weighted by Gasteiger charge is 2.04. The lowest BCUT2D eigenvalue weighted by atomic mass is 10.3. The summed E-state index contributed by atoms with van der Waals surface area (Å²) in [7, 11) is 1.70. The number of carbonyl (C=O) groups is 1. The third-order valence-electron chi connectivity index (χ3n) is 2.47. The second kappa shape index (κ2) is 10.4. The van der Waals surface area contributed by atoms with Crippen LogP contribution in [-0.4, -0.2) is 36.5 Å². The van der Waals surface area contributed by atoms with E-state index in [0.29, 0.717) is 30.8 Å². The van der Waals surface area contributed by atoms with Gasteiger partial charge in [-0.3, -0.25) is 9.79 Å². The summed E-state index contributed by atoms with van der Waals surface area (Å²) in [4.78, 5) is 19.9. The maximum Gasteiger partial charge on any atom is 0.227 e. The van der Waals surface area contributed by atoms with Gasteiger partial charge in [-0.2, -0.15) is 0 Å². The highest BCUT2D eigenvalue weighted by molar-refractivity contribution is 14.0. The zero-order valence-corrected chi connectivity index (χ0v) is 15.3. The molecule has 1 amide bonds. The SMILES string of the molecule is CN=C(NCCC(=O)Nc1ccc(C)cn1)NC(C)C.I. The van der Waals surface area contributed by atoms with Crippen molar-refractivity contribution in [1.82, 2.24) is 15.6 Å². The van der Waals surface area contributed by atoms with Gasteiger partial charge in [0, 0.05) is 32.3 Å². The fourth-order valence-corrected chi connectivity index (χ4v) is 1.51. The number of nitrogens with one attached hydrogen (secondary N) is 3. The molecule has 1 heterocycles. The number of hydrogen-bond acceptors (Lipinski definition) is 3. The van der Waals surface area contributed by atoms with Gasteiger partial charge in [0.25, 0.3) is 0 Å². The summed E-state index contributed by atoms with van der Waals surface area (Å²) >= 11 is 0. The van der Waals surface area contributed by atoms with Crippen molar-refractivity contribution in [2.45, 2.75) is 33.2 Å². The molecule has 0 fully saturated rings. The summed E-state index contributed by atoms with van der Waals surface area (Å²) in [5.41, 5.74) is 1.06. The van der Waals surface area contributed by atoms with Crippen molar-refractivity contribution in [2.75, 3.05) is 18.9 Å². The Kier molecular flexibility index (Phi) is 9.68. The predicted octanol–water partition coefficient (Wildman–Crippen LogP) is 1.91. The molecule has 0 saturated heterocycles. The molecule has 1 aromatic rings. The zero-order valence-electron chi connectivity index (χ0n) is 12.9. The largest absolute Gasteiger partial charge is 0.356 e. The Labute approximate surface area is 143 Å². The average Bonchev–Trinajstić information content (AvgIpc) is 2.40. The first-order chi connectivity index (χ1) is 9.51. The lowest BCUT2D eigenvalue weighted by Gasteiger charge is -2.14. The number of aryl methyl sites for hydroxylation is 1. The fraction of sp³-hybridized carbons (Fsp3) is 0.500. The van der Waals surface area contributed by atoms with E-state index in [1.165, 1.54) is 0 Å². The van der Waals surface area contributed by atoms with Crippen LogP contribution >= 0.6 is 24.0 Å². The summed E-state index contributed by atoms with van der Waals surface area (Å²) in [5.74, 6) is 1.19. The maximum atomic E-state index is 11.7. The van der Waals surface area contributed by atoms with Crippen LogP contribution in [0.15, 0.2) is 23.3 Å². The fourth-order valence-electron chi connectivity index (χ4n) is 1.51. The van der Waals surface area contributed by atoms with Crippen molar-refractivity contribution in [3.05, 3.63) is 23.9 Å². The summed E-state index contributed by atoms with van der Waals surface area (Å²) in [5, 5.41) is 8.99. The number of hydrogen-bond donors (Lipinski definition) is 3. The first kappa shape index (κ1) is 19.6. The van der Waals surface area contributed by atoms with E-state index in [1.807, 2.05) is 26.8 Å². The average molecular weight is 405 g/mol. The van der Waals surface area contributed by atoms with Crippen molar-refractivity contribution >= 4 is 41.7 Å². The van der Waals surface area contributed by atoms with Crippen LogP contribution in [0, 0.1) is 6.92 Å². The summed E-state index contributed by atoms with van der Waals surface area (Å²) in [6, 6.07) is 4.00. The molecular formula is C14H24IN5O. The molecule has 1 aromatic heterocycles. The Morgan fingerprint density at radius 1 is 1.38 bits per heavy atom. The van der Waals surface area contributed by atoms with Crippen LogP contribution in [0.4, 0.5) is 5.82 Å². The Balaban J connectivity index is 0.00000400. The molecule has 1 rings (SSSR count). The number of halogens is 1. The topological polar surface area (TPSA) is 78.4 Å². The van der Waals surface area contributed by atoms with E-state index in [4.69, 9.17) is 0 Å². The molecule has 6 nitrogen and oxygen atoms in total. The van der Waals surface area contributed by atoms with Gasteiger partial charge in [0.05, 0.1) is 0 Å². The highest BCUT2D eigenvalue weighted by atomic mass is 127. The van der Waals surface area contributed by atoms with Gasteiger partial charge in [0.2, 0.25) is 5.91 Å². The number of aliphatic imine (C=N–C) groups is 1. The van der Waals surface area contributed by atoms with Gasteiger partial charge in [-0.25, -0.2) is 4.98 Å². The van der Waals surface area contributed by atoms with Gasteiger partial charge in [-0.1, -0.05) is 6.07 Å². The summed E-state index contributed by atoms with van der Waals surface area (Å²) in [6.45, 7) is 6.53. The van der Waals surface area contributed by atoms with Gasteiger partial charge in [-0.05, 0) is 32.4 Å². The molecule has 0 unspecified atom stereocenters. The van der Waals surface area contributed by atoms with Crippen molar-refractivity contribution in [1.29, 1.82) is 0 Å². The summed E-state index contributed by atoms with van der Waals surface area (Å²) in [6.07, 6.45) is 2.08. The molecule has 7 heteroatoms. The highest BCUT2D eigenvalue weighted by Crippen LogP contribution is 2.03. The predicted molar refractivity (Wildman–Crippen MR) is 97.3 cm³/mol. The van der Waals surface area contributed by atoms with Crippen LogP contribution < -0.4 is 16.0 Å². The first-order valence-electron chi connectivity index (χ1n) is 6.71. The lowest BCUT2D eigenvalue weighted by molar-refractivity contribution is -0.116. The molecule has 0 aliphatic rings. The Bertz CT molecular complexity index is 459.